The number of carbonyl (C=O) groups excluding carboxylic acids is 2. The van der Waals surface area contributed by atoms with Crippen molar-refractivity contribution in [3.63, 3.8) is 0 Å². The molecular weight excluding hydrogens is 524 g/mol. The fourth-order valence-electron chi connectivity index (χ4n) is 4.31. The minimum Gasteiger partial charge on any atom is -0.497 e. The fraction of sp³-hybridized carbons (Fsp3) is 0.370. The van der Waals surface area contributed by atoms with E-state index < -0.39 is 16.8 Å². The van der Waals surface area contributed by atoms with Crippen LogP contribution in [0.3, 0.4) is 0 Å². The number of aromatic nitrogens is 2. The maximum Gasteiger partial charge on any atom is 0.341 e. The number of hydrogen-bond acceptors (Lipinski definition) is 9. The summed E-state index contributed by atoms with van der Waals surface area (Å²) < 4.78 is 10.6. The van der Waals surface area contributed by atoms with Crippen molar-refractivity contribution in [1.29, 1.82) is 5.26 Å². The van der Waals surface area contributed by atoms with Crippen molar-refractivity contribution in [1.82, 2.24) is 9.97 Å². The molecule has 1 atom stereocenters. The van der Waals surface area contributed by atoms with Crippen molar-refractivity contribution in [3.8, 4) is 23.1 Å². The van der Waals surface area contributed by atoms with Gasteiger partial charge in [0.15, 0.2) is 5.16 Å². The summed E-state index contributed by atoms with van der Waals surface area (Å²) in [4.78, 5) is 47.1. The Morgan fingerprint density at radius 1 is 1.29 bits per heavy atom. The van der Waals surface area contributed by atoms with Crippen LogP contribution in [0.1, 0.15) is 59.5 Å². The van der Waals surface area contributed by atoms with Crippen LogP contribution >= 0.6 is 23.1 Å². The number of amides is 1. The summed E-state index contributed by atoms with van der Waals surface area (Å²) >= 11 is 2.52. The van der Waals surface area contributed by atoms with Gasteiger partial charge in [0, 0.05) is 10.4 Å². The van der Waals surface area contributed by atoms with Crippen LogP contribution in [-0.4, -0.2) is 40.8 Å². The van der Waals surface area contributed by atoms with Crippen LogP contribution in [0.2, 0.25) is 0 Å². The van der Waals surface area contributed by atoms with Gasteiger partial charge in [0.2, 0.25) is 5.91 Å². The number of ether oxygens (including phenoxy) is 2. The zero-order valence-corrected chi connectivity index (χ0v) is 23.0. The molecule has 1 aliphatic carbocycles. The first-order chi connectivity index (χ1) is 18.4. The van der Waals surface area contributed by atoms with Crippen LogP contribution in [0.5, 0.6) is 5.75 Å². The molecule has 0 bridgehead atoms. The first kappa shape index (κ1) is 27.4. The topological polar surface area (TPSA) is 134 Å². The molecular formula is C27H28N4O5S2. The highest BCUT2D eigenvalue weighted by Gasteiger charge is 2.29. The van der Waals surface area contributed by atoms with E-state index in [1.807, 2.05) is 13.0 Å². The number of nitrogens with one attached hydrogen (secondary N) is 2. The Bertz CT molecular complexity index is 1460. The van der Waals surface area contributed by atoms with Crippen LogP contribution in [0.15, 0.2) is 34.2 Å². The van der Waals surface area contributed by atoms with Crippen molar-refractivity contribution in [2.24, 2.45) is 0 Å². The average molecular weight is 553 g/mol. The lowest BCUT2D eigenvalue weighted by molar-refractivity contribution is -0.115. The molecule has 0 unspecified atom stereocenters. The number of fused-ring (bicyclic) bond motifs is 1. The molecule has 0 radical (unpaired) electrons. The number of nitriles is 1. The second-order valence-electron chi connectivity index (χ2n) is 8.58. The van der Waals surface area contributed by atoms with Crippen LogP contribution in [-0.2, 0) is 22.4 Å². The number of anilines is 1. The molecule has 1 amide bonds. The molecule has 0 saturated carbocycles. The average Bonchev–Trinajstić information content (AvgIpc) is 3.29. The predicted octanol–water partition coefficient (Wildman–Crippen LogP) is 4.94. The number of aryl methyl sites for hydroxylation is 1. The number of thiophene rings is 1. The summed E-state index contributed by atoms with van der Waals surface area (Å²) in [6.07, 6.45) is 4.13. The Kier molecular flexibility index (Phi) is 8.86. The number of rotatable bonds is 9. The van der Waals surface area contributed by atoms with Crippen molar-refractivity contribution in [3.05, 3.63) is 56.2 Å². The van der Waals surface area contributed by atoms with Gasteiger partial charge in [0.05, 0.1) is 30.2 Å². The molecule has 198 valence electrons. The number of aromatic amines is 1. The maximum atomic E-state index is 13.4. The highest BCUT2D eigenvalue weighted by molar-refractivity contribution is 8.00. The minimum atomic E-state index is -0.613. The quantitative estimate of drug-likeness (QED) is 0.216. The van der Waals surface area contributed by atoms with E-state index in [0.717, 1.165) is 47.9 Å². The lowest BCUT2D eigenvalue weighted by Gasteiger charge is -2.15. The van der Waals surface area contributed by atoms with Crippen molar-refractivity contribution in [2.45, 2.75) is 56.4 Å². The SMILES string of the molecule is CCOC(=O)c1c(NC(=O)[C@@H](CC)Sc2nc(-c3cccc(OC)c3)c(C#N)c(=O)[nH]2)sc2c1CCCC2. The van der Waals surface area contributed by atoms with E-state index in [9.17, 15) is 19.6 Å². The molecule has 4 rings (SSSR count). The Morgan fingerprint density at radius 2 is 2.08 bits per heavy atom. The second kappa shape index (κ2) is 12.3. The summed E-state index contributed by atoms with van der Waals surface area (Å²) in [5, 5.41) is 12.6. The standard InChI is InChI=1S/C27H28N4O5S2/c1-4-19(24(33)30-25-21(26(34)36-5-2)17-11-6-7-12-20(17)37-25)38-27-29-22(18(14-28)23(32)31-27)15-9-8-10-16(13-15)35-3/h8-10,13,19H,4-7,11-12H2,1-3H3,(H,30,33)(H,29,31,32)/t19-/m1/s1. The number of thioether (sulfide) groups is 1. The Labute approximate surface area is 228 Å². The van der Waals surface area contributed by atoms with Crippen molar-refractivity contribution >= 4 is 40.0 Å². The molecule has 1 aliphatic rings. The molecule has 0 aliphatic heterocycles. The van der Waals surface area contributed by atoms with Gasteiger partial charge in [-0.1, -0.05) is 30.8 Å². The summed E-state index contributed by atoms with van der Waals surface area (Å²) in [5.41, 5.74) is 1.47. The van der Waals surface area contributed by atoms with E-state index in [2.05, 4.69) is 15.3 Å². The Hall–Kier alpha value is -3.62. The normalized spacial score (nSPS) is 13.2. The number of esters is 1. The van der Waals surface area contributed by atoms with Gasteiger partial charge >= 0.3 is 5.97 Å². The van der Waals surface area contributed by atoms with Gasteiger partial charge in [-0.2, -0.15) is 5.26 Å². The van der Waals surface area contributed by atoms with Crippen molar-refractivity contribution in [2.75, 3.05) is 19.0 Å². The lowest BCUT2D eigenvalue weighted by atomic mass is 9.95. The molecule has 0 spiro atoms. The van der Waals surface area contributed by atoms with Gasteiger partial charge in [0.1, 0.15) is 22.4 Å². The summed E-state index contributed by atoms with van der Waals surface area (Å²) in [7, 11) is 1.53. The number of methoxy groups -OCH3 is 1. The van der Waals surface area contributed by atoms with Crippen LogP contribution in [0, 0.1) is 11.3 Å². The first-order valence-electron chi connectivity index (χ1n) is 12.4. The molecule has 3 aromatic rings. The largest absolute Gasteiger partial charge is 0.497 e. The number of hydrogen-bond donors (Lipinski definition) is 2. The number of nitrogens with zero attached hydrogens (tertiary/aromatic N) is 2. The van der Waals surface area contributed by atoms with Crippen molar-refractivity contribution < 1.29 is 19.1 Å². The number of carbonyl (C=O) groups is 2. The molecule has 0 fully saturated rings. The molecule has 9 nitrogen and oxygen atoms in total. The third kappa shape index (κ3) is 5.76. The van der Waals surface area contributed by atoms with E-state index in [4.69, 9.17) is 9.47 Å². The zero-order chi connectivity index (χ0) is 27.2. The van der Waals surface area contributed by atoms with E-state index >= 15 is 0 Å². The van der Waals surface area contributed by atoms with Crippen LogP contribution in [0.4, 0.5) is 5.00 Å². The number of benzene rings is 1. The monoisotopic (exact) mass is 552 g/mol. The summed E-state index contributed by atoms with van der Waals surface area (Å²) in [6, 6.07) is 8.85. The Morgan fingerprint density at radius 3 is 2.79 bits per heavy atom. The molecule has 11 heteroatoms. The van der Waals surface area contributed by atoms with Gasteiger partial charge in [-0.05, 0) is 56.7 Å². The van der Waals surface area contributed by atoms with Gasteiger partial charge in [-0.3, -0.25) is 9.59 Å². The summed E-state index contributed by atoms with van der Waals surface area (Å²) in [5.74, 6) is -0.176. The third-order valence-corrected chi connectivity index (χ3v) is 8.61. The summed E-state index contributed by atoms with van der Waals surface area (Å²) in [6.45, 7) is 3.86. The lowest BCUT2D eigenvalue weighted by Crippen LogP contribution is -2.26. The highest BCUT2D eigenvalue weighted by Crippen LogP contribution is 2.39. The molecule has 38 heavy (non-hydrogen) atoms. The first-order valence-corrected chi connectivity index (χ1v) is 14.1. The van der Waals surface area contributed by atoms with Gasteiger partial charge < -0.3 is 19.8 Å². The molecule has 0 saturated heterocycles. The third-order valence-electron chi connectivity index (χ3n) is 6.16. The Balaban J connectivity index is 1.63. The van der Waals surface area contributed by atoms with E-state index in [0.29, 0.717) is 28.3 Å². The highest BCUT2D eigenvalue weighted by atomic mass is 32.2. The molecule has 2 heterocycles. The maximum absolute atomic E-state index is 13.4. The predicted molar refractivity (Wildman–Crippen MR) is 147 cm³/mol. The number of H-pyrrole nitrogens is 1. The molecule has 2 N–H and O–H groups in total. The van der Waals surface area contributed by atoms with Gasteiger partial charge in [-0.25, -0.2) is 9.78 Å². The van der Waals surface area contributed by atoms with Gasteiger partial charge in [0.25, 0.3) is 5.56 Å². The molecule has 2 aromatic heterocycles. The van der Waals surface area contributed by atoms with Gasteiger partial charge in [-0.15, -0.1) is 11.3 Å². The minimum absolute atomic E-state index is 0.122. The molecule has 1 aromatic carbocycles. The zero-order valence-electron chi connectivity index (χ0n) is 21.4. The van der Waals surface area contributed by atoms with Crippen LogP contribution < -0.4 is 15.6 Å². The van der Waals surface area contributed by atoms with E-state index in [1.165, 1.54) is 18.4 Å². The second-order valence-corrected chi connectivity index (χ2v) is 10.9. The van der Waals surface area contributed by atoms with Crippen LogP contribution in [0.25, 0.3) is 11.3 Å². The van der Waals surface area contributed by atoms with E-state index in [-0.39, 0.29) is 28.9 Å². The van der Waals surface area contributed by atoms with E-state index in [1.54, 1.807) is 31.2 Å². The smallest absolute Gasteiger partial charge is 0.341 e. The fourth-order valence-corrected chi connectivity index (χ4v) is 6.49.